The molecule has 0 saturated heterocycles. The van der Waals surface area contributed by atoms with E-state index >= 15 is 0 Å². The van der Waals surface area contributed by atoms with Gasteiger partial charge in [-0.15, -0.1) is 0 Å². The molecule has 4 nitrogen and oxygen atoms in total. The molecular formula is C20H28Cr4O4+16. The van der Waals surface area contributed by atoms with Crippen LogP contribution >= 0.6 is 0 Å². The molecule has 4 aromatic rings. The molecular weight excluding hydrogens is 512 g/mol. The Labute approximate surface area is 211 Å². The van der Waals surface area contributed by atoms with Crippen LogP contribution in [-0.2, 0) is 69.4 Å². The Balaban J connectivity index is -0.0000000290. The van der Waals surface area contributed by atoms with Gasteiger partial charge in [0.25, 0.3) is 0 Å². The van der Waals surface area contributed by atoms with E-state index in [1.165, 1.54) is 0 Å². The van der Waals surface area contributed by atoms with E-state index in [-0.39, 0.29) is 91.3 Å². The second-order valence-corrected chi connectivity index (χ2v) is 3.85. The van der Waals surface area contributed by atoms with Crippen LogP contribution in [0.15, 0.2) is 121 Å². The fraction of sp³-hybridized carbons (Fsp3) is 0. The van der Waals surface area contributed by atoms with E-state index in [0.717, 1.165) is 0 Å². The molecule has 8 N–H and O–H groups in total. The third-order valence-corrected chi connectivity index (χ3v) is 2.22. The van der Waals surface area contributed by atoms with Crippen molar-refractivity contribution in [3.8, 4) is 0 Å². The van der Waals surface area contributed by atoms with Crippen molar-refractivity contribution < 1.29 is 91.3 Å². The van der Waals surface area contributed by atoms with Crippen LogP contribution in [0.2, 0.25) is 0 Å². The zero-order chi connectivity index (χ0) is 14.1. The molecule has 0 unspecified atom stereocenters. The van der Waals surface area contributed by atoms with Gasteiger partial charge in [-0.3, -0.25) is 0 Å². The predicted molar refractivity (Wildman–Crippen MR) is 103 cm³/mol. The second-order valence-electron chi connectivity index (χ2n) is 3.85. The van der Waals surface area contributed by atoms with E-state index in [4.69, 9.17) is 0 Å². The second kappa shape index (κ2) is 45.2. The van der Waals surface area contributed by atoms with Gasteiger partial charge in [-0.05, 0) is 0 Å². The number of hydrogen-bond donors (Lipinski definition) is 0. The molecule has 4 rings (SSSR count). The van der Waals surface area contributed by atoms with Crippen molar-refractivity contribution in [2.45, 2.75) is 0 Å². The minimum atomic E-state index is 0. The Morgan fingerprint density at radius 2 is 0.357 bits per heavy atom. The Hall–Kier alpha value is -0.630. The summed E-state index contributed by atoms with van der Waals surface area (Å²) >= 11 is 0. The fourth-order valence-electron chi connectivity index (χ4n) is 1.28. The Bertz CT molecular complexity index is 363. The van der Waals surface area contributed by atoms with Crippen LogP contribution in [0.25, 0.3) is 0 Å². The van der Waals surface area contributed by atoms with E-state index in [1.54, 1.807) is 0 Å². The molecule has 0 amide bonds. The average Bonchev–Trinajstić information content (AvgIpc) is 3.40. The predicted octanol–water partition coefficient (Wildman–Crippen LogP) is 2.31. The first kappa shape index (κ1) is 50.7. The van der Waals surface area contributed by atoms with Crippen molar-refractivity contribution in [1.82, 2.24) is 0 Å². The standard InChI is InChI=1S/4C5H5.4Cr.4H2O/c4*1-2-4-5-3-1;;;;;;;;/h4*1-5H;;;;;4*1H2/q4*-1;4*+5;;;;. The minimum Gasteiger partial charge on any atom is -0.412 e. The summed E-state index contributed by atoms with van der Waals surface area (Å²) < 4.78 is 0. The van der Waals surface area contributed by atoms with Gasteiger partial charge in [-0.25, -0.2) is 48.5 Å². The van der Waals surface area contributed by atoms with Gasteiger partial charge in [-0.1, -0.05) is 0 Å². The van der Waals surface area contributed by atoms with Crippen molar-refractivity contribution in [3.63, 3.8) is 0 Å². The van der Waals surface area contributed by atoms with Crippen LogP contribution in [0.4, 0.5) is 0 Å². The molecule has 0 spiro atoms. The van der Waals surface area contributed by atoms with E-state index < -0.39 is 0 Å². The van der Waals surface area contributed by atoms with Crippen LogP contribution in [0.5, 0.6) is 0 Å². The summed E-state index contributed by atoms with van der Waals surface area (Å²) in [7, 11) is 0. The molecule has 4 radical (unpaired) electrons. The first-order chi connectivity index (χ1) is 10.0. The fourth-order valence-corrected chi connectivity index (χ4v) is 1.28. The molecule has 0 aliphatic rings. The molecule has 8 heteroatoms. The van der Waals surface area contributed by atoms with Gasteiger partial charge in [-0.2, -0.15) is 72.8 Å². The molecule has 0 bridgehead atoms. The van der Waals surface area contributed by atoms with E-state index in [0.29, 0.717) is 0 Å². The summed E-state index contributed by atoms with van der Waals surface area (Å²) in [5.41, 5.74) is 0. The Morgan fingerprint density at radius 3 is 0.393 bits per heavy atom. The topological polar surface area (TPSA) is 126 Å². The van der Waals surface area contributed by atoms with Gasteiger partial charge >= 0.3 is 69.4 Å². The van der Waals surface area contributed by atoms with Crippen molar-refractivity contribution in [1.29, 1.82) is 0 Å². The maximum atomic E-state index is 2.00. The van der Waals surface area contributed by atoms with Crippen molar-refractivity contribution in [2.24, 2.45) is 0 Å². The third kappa shape index (κ3) is 40.2. The molecule has 0 aliphatic carbocycles. The number of hydrogen-bond acceptors (Lipinski definition) is 0. The van der Waals surface area contributed by atoms with Crippen molar-refractivity contribution in [2.75, 3.05) is 0 Å². The van der Waals surface area contributed by atoms with Gasteiger partial charge in [0.2, 0.25) is 0 Å². The Morgan fingerprint density at radius 1 is 0.250 bits per heavy atom. The first-order valence-electron chi connectivity index (χ1n) is 6.67. The van der Waals surface area contributed by atoms with Gasteiger partial charge in [0.1, 0.15) is 0 Å². The van der Waals surface area contributed by atoms with Gasteiger partial charge in [0, 0.05) is 0 Å². The minimum absolute atomic E-state index is 0. The summed E-state index contributed by atoms with van der Waals surface area (Å²) in [4.78, 5) is 0. The molecule has 0 aliphatic heterocycles. The van der Waals surface area contributed by atoms with Crippen LogP contribution in [-0.4, -0.2) is 21.9 Å². The molecule has 0 atom stereocenters. The third-order valence-electron chi connectivity index (χ3n) is 2.22. The first-order valence-corrected chi connectivity index (χ1v) is 6.67. The van der Waals surface area contributed by atoms with Crippen LogP contribution < -0.4 is 0 Å². The molecule has 28 heavy (non-hydrogen) atoms. The zero-order valence-corrected chi connectivity index (χ0v) is 20.3. The summed E-state index contributed by atoms with van der Waals surface area (Å²) in [5, 5.41) is 0. The monoisotopic (exact) mass is 540 g/mol. The maximum absolute atomic E-state index is 2.00. The van der Waals surface area contributed by atoms with E-state index in [1.807, 2.05) is 121 Å². The molecule has 4 aromatic carbocycles. The van der Waals surface area contributed by atoms with Crippen LogP contribution in [0.1, 0.15) is 0 Å². The summed E-state index contributed by atoms with van der Waals surface area (Å²) in [6.45, 7) is 0. The molecule has 0 fully saturated rings. The average molecular weight is 540 g/mol. The summed E-state index contributed by atoms with van der Waals surface area (Å²) in [6, 6.07) is 40.0. The van der Waals surface area contributed by atoms with E-state index in [9.17, 15) is 0 Å². The van der Waals surface area contributed by atoms with Gasteiger partial charge in [0.05, 0.1) is 0 Å². The quantitative estimate of drug-likeness (QED) is 0.304. The van der Waals surface area contributed by atoms with Crippen LogP contribution in [0, 0.1) is 0 Å². The van der Waals surface area contributed by atoms with Gasteiger partial charge in [0.15, 0.2) is 0 Å². The van der Waals surface area contributed by atoms with Crippen molar-refractivity contribution in [3.05, 3.63) is 121 Å². The summed E-state index contributed by atoms with van der Waals surface area (Å²) in [6.07, 6.45) is 0. The van der Waals surface area contributed by atoms with Crippen LogP contribution in [0.3, 0.4) is 0 Å². The van der Waals surface area contributed by atoms with Crippen molar-refractivity contribution >= 4 is 0 Å². The number of rotatable bonds is 0. The zero-order valence-electron chi connectivity index (χ0n) is 15.2. The normalized spacial score (nSPS) is 5.71. The molecule has 0 heterocycles. The SMILES string of the molecule is O.O.O.O.[Cr+5].[Cr+5].[Cr+5].[Cr+5].c1cc[cH-]c1.c1cc[cH-]c1.c1cc[cH-]c1.c1cc[cH-]c1. The summed E-state index contributed by atoms with van der Waals surface area (Å²) in [5.74, 6) is 0. The Kier molecular flexibility index (Phi) is 82.0. The molecule has 0 saturated carbocycles. The molecule has 140 valence electrons. The smallest absolute Gasteiger partial charge is 0.412 e. The van der Waals surface area contributed by atoms with Gasteiger partial charge < -0.3 is 21.9 Å². The van der Waals surface area contributed by atoms with E-state index in [2.05, 4.69) is 0 Å². The maximum Gasteiger partial charge on any atom is 5.00 e. The molecule has 0 aromatic heterocycles. The largest absolute Gasteiger partial charge is 5.00 e.